The van der Waals surface area contributed by atoms with Gasteiger partial charge in [0.2, 0.25) is 0 Å². The van der Waals surface area contributed by atoms with Gasteiger partial charge in [0.25, 0.3) is 5.91 Å². The SMILES string of the molecule is CCN(c1ccccc1)c1cnc(C(=O)NCCN2CCOCC2)cn1. The molecule has 1 saturated heterocycles. The summed E-state index contributed by atoms with van der Waals surface area (Å²) in [6, 6.07) is 10.0. The molecule has 0 bridgehead atoms. The Morgan fingerprint density at radius 2 is 1.96 bits per heavy atom. The lowest BCUT2D eigenvalue weighted by Crippen LogP contribution is -2.41. The van der Waals surface area contributed by atoms with E-state index in [0.717, 1.165) is 50.9 Å². The van der Waals surface area contributed by atoms with E-state index in [2.05, 4.69) is 27.1 Å². The molecule has 1 aromatic carbocycles. The van der Waals surface area contributed by atoms with Crippen molar-refractivity contribution in [1.82, 2.24) is 20.2 Å². The van der Waals surface area contributed by atoms with Crippen LogP contribution in [0, 0.1) is 0 Å². The standard InChI is InChI=1S/C19H25N5O2/c1-2-24(16-6-4-3-5-7-16)18-15-21-17(14-22-18)19(25)20-8-9-23-10-12-26-13-11-23/h3-7,14-15H,2,8-13H2,1H3,(H,20,25). The second-order valence-corrected chi connectivity index (χ2v) is 6.05. The number of ether oxygens (including phenoxy) is 1. The molecule has 3 rings (SSSR count). The van der Waals surface area contributed by atoms with Crippen LogP contribution < -0.4 is 10.2 Å². The second-order valence-electron chi connectivity index (χ2n) is 6.05. The number of hydrogen-bond acceptors (Lipinski definition) is 6. The van der Waals surface area contributed by atoms with Crippen LogP contribution in [0.5, 0.6) is 0 Å². The zero-order valence-electron chi connectivity index (χ0n) is 15.1. The molecule has 2 heterocycles. The van der Waals surface area contributed by atoms with Gasteiger partial charge < -0.3 is 15.0 Å². The molecule has 0 aliphatic carbocycles. The van der Waals surface area contributed by atoms with Crippen LogP contribution in [0.15, 0.2) is 42.7 Å². The van der Waals surface area contributed by atoms with Gasteiger partial charge in [0, 0.05) is 38.4 Å². The van der Waals surface area contributed by atoms with E-state index in [4.69, 9.17) is 4.74 Å². The van der Waals surface area contributed by atoms with E-state index < -0.39 is 0 Å². The molecule has 1 aromatic heterocycles. The molecule has 0 spiro atoms. The molecule has 7 nitrogen and oxygen atoms in total. The van der Waals surface area contributed by atoms with Crippen LogP contribution in [0.3, 0.4) is 0 Å². The summed E-state index contributed by atoms with van der Waals surface area (Å²) < 4.78 is 5.32. The monoisotopic (exact) mass is 355 g/mol. The topological polar surface area (TPSA) is 70.6 Å². The van der Waals surface area contributed by atoms with Crippen molar-refractivity contribution in [2.75, 3.05) is 50.8 Å². The van der Waals surface area contributed by atoms with Gasteiger partial charge in [-0.1, -0.05) is 18.2 Å². The predicted molar refractivity (Wildman–Crippen MR) is 101 cm³/mol. The first-order valence-corrected chi connectivity index (χ1v) is 9.01. The van der Waals surface area contributed by atoms with Crippen LogP contribution in [0.2, 0.25) is 0 Å². The quantitative estimate of drug-likeness (QED) is 0.815. The Morgan fingerprint density at radius 1 is 1.19 bits per heavy atom. The summed E-state index contributed by atoms with van der Waals surface area (Å²) in [5, 5.41) is 2.90. The highest BCUT2D eigenvalue weighted by Gasteiger charge is 2.13. The number of carbonyl (C=O) groups is 1. The summed E-state index contributed by atoms with van der Waals surface area (Å²) >= 11 is 0. The second kappa shape index (κ2) is 9.26. The Morgan fingerprint density at radius 3 is 2.62 bits per heavy atom. The Kier molecular flexibility index (Phi) is 6.51. The fourth-order valence-electron chi connectivity index (χ4n) is 2.91. The van der Waals surface area contributed by atoms with E-state index in [1.807, 2.05) is 35.2 Å². The molecule has 1 amide bonds. The van der Waals surface area contributed by atoms with E-state index in [1.54, 1.807) is 6.20 Å². The molecule has 138 valence electrons. The smallest absolute Gasteiger partial charge is 0.271 e. The molecule has 0 atom stereocenters. The van der Waals surface area contributed by atoms with Gasteiger partial charge in [0.05, 0.1) is 25.6 Å². The first-order valence-electron chi connectivity index (χ1n) is 9.01. The van der Waals surface area contributed by atoms with Gasteiger partial charge in [0.15, 0.2) is 5.82 Å². The average molecular weight is 355 g/mol. The number of carbonyl (C=O) groups excluding carboxylic acids is 1. The van der Waals surface area contributed by atoms with E-state index in [1.165, 1.54) is 6.20 Å². The number of morpholine rings is 1. The van der Waals surface area contributed by atoms with Crippen LogP contribution in [0.4, 0.5) is 11.5 Å². The number of nitrogens with one attached hydrogen (secondary N) is 1. The van der Waals surface area contributed by atoms with Crippen molar-refractivity contribution < 1.29 is 9.53 Å². The zero-order chi connectivity index (χ0) is 18.2. The van der Waals surface area contributed by atoms with Gasteiger partial charge in [-0.2, -0.15) is 0 Å². The summed E-state index contributed by atoms with van der Waals surface area (Å²) in [4.78, 5) is 25.3. The Balaban J connectivity index is 1.55. The highest BCUT2D eigenvalue weighted by molar-refractivity contribution is 5.92. The summed E-state index contributed by atoms with van der Waals surface area (Å²) in [5.41, 5.74) is 1.38. The highest BCUT2D eigenvalue weighted by atomic mass is 16.5. The first-order chi connectivity index (χ1) is 12.8. The fourth-order valence-corrected chi connectivity index (χ4v) is 2.91. The van der Waals surface area contributed by atoms with Crippen LogP contribution in [-0.2, 0) is 4.74 Å². The molecular formula is C19H25N5O2. The normalized spacial score (nSPS) is 14.8. The summed E-state index contributed by atoms with van der Waals surface area (Å²) in [5.74, 6) is 0.531. The van der Waals surface area contributed by atoms with E-state index in [9.17, 15) is 4.79 Å². The highest BCUT2D eigenvalue weighted by Crippen LogP contribution is 2.21. The van der Waals surface area contributed by atoms with Gasteiger partial charge in [-0.05, 0) is 19.1 Å². The third kappa shape index (κ3) is 4.77. The Hall–Kier alpha value is -2.51. The number of amides is 1. The number of nitrogens with zero attached hydrogens (tertiary/aromatic N) is 4. The van der Waals surface area contributed by atoms with Crippen LogP contribution in [0.25, 0.3) is 0 Å². The van der Waals surface area contributed by atoms with Crippen molar-refractivity contribution in [1.29, 1.82) is 0 Å². The molecule has 26 heavy (non-hydrogen) atoms. The van der Waals surface area contributed by atoms with Crippen molar-refractivity contribution in [2.24, 2.45) is 0 Å². The van der Waals surface area contributed by atoms with Crippen LogP contribution >= 0.6 is 0 Å². The predicted octanol–water partition coefficient (Wildman–Crippen LogP) is 1.70. The molecule has 1 N–H and O–H groups in total. The zero-order valence-corrected chi connectivity index (χ0v) is 15.1. The van der Waals surface area contributed by atoms with Gasteiger partial charge in [-0.3, -0.25) is 9.69 Å². The summed E-state index contributed by atoms with van der Waals surface area (Å²) in [6.45, 7) is 7.58. The average Bonchev–Trinajstić information content (AvgIpc) is 2.71. The van der Waals surface area contributed by atoms with Gasteiger partial charge >= 0.3 is 0 Å². The van der Waals surface area contributed by atoms with Gasteiger partial charge in [0.1, 0.15) is 5.69 Å². The fraction of sp³-hybridized carbons (Fsp3) is 0.421. The lowest BCUT2D eigenvalue weighted by Gasteiger charge is -2.26. The van der Waals surface area contributed by atoms with Crippen molar-refractivity contribution in [2.45, 2.75) is 6.92 Å². The summed E-state index contributed by atoms with van der Waals surface area (Å²) in [7, 11) is 0. The Bertz CT molecular complexity index is 687. The summed E-state index contributed by atoms with van der Waals surface area (Å²) in [6.07, 6.45) is 3.18. The molecule has 1 aliphatic heterocycles. The molecule has 2 aromatic rings. The molecule has 7 heteroatoms. The minimum absolute atomic E-state index is 0.194. The number of para-hydroxylation sites is 1. The first kappa shape index (κ1) is 18.3. The number of anilines is 2. The number of aromatic nitrogens is 2. The molecule has 0 unspecified atom stereocenters. The maximum Gasteiger partial charge on any atom is 0.271 e. The van der Waals surface area contributed by atoms with Crippen LogP contribution in [0.1, 0.15) is 17.4 Å². The van der Waals surface area contributed by atoms with Gasteiger partial charge in [-0.25, -0.2) is 9.97 Å². The molecule has 1 aliphatic rings. The lowest BCUT2D eigenvalue weighted by atomic mass is 10.3. The van der Waals surface area contributed by atoms with Crippen molar-refractivity contribution in [3.63, 3.8) is 0 Å². The van der Waals surface area contributed by atoms with Crippen molar-refractivity contribution in [3.05, 3.63) is 48.4 Å². The van der Waals surface area contributed by atoms with E-state index in [-0.39, 0.29) is 5.91 Å². The molecule has 0 saturated carbocycles. The molecule has 1 fully saturated rings. The van der Waals surface area contributed by atoms with Gasteiger partial charge in [-0.15, -0.1) is 0 Å². The van der Waals surface area contributed by atoms with Crippen molar-refractivity contribution >= 4 is 17.4 Å². The number of benzene rings is 1. The number of hydrogen-bond donors (Lipinski definition) is 1. The Labute approximate surface area is 154 Å². The van der Waals surface area contributed by atoms with E-state index in [0.29, 0.717) is 12.2 Å². The third-order valence-electron chi connectivity index (χ3n) is 4.35. The molecular weight excluding hydrogens is 330 g/mol. The third-order valence-corrected chi connectivity index (χ3v) is 4.35. The minimum atomic E-state index is -0.194. The lowest BCUT2D eigenvalue weighted by molar-refractivity contribution is 0.0383. The number of rotatable bonds is 7. The van der Waals surface area contributed by atoms with Crippen LogP contribution in [-0.4, -0.2) is 66.7 Å². The maximum absolute atomic E-state index is 12.2. The minimum Gasteiger partial charge on any atom is -0.379 e. The molecule has 0 radical (unpaired) electrons. The van der Waals surface area contributed by atoms with Crippen molar-refractivity contribution in [3.8, 4) is 0 Å². The van der Waals surface area contributed by atoms with E-state index >= 15 is 0 Å². The maximum atomic E-state index is 12.2. The largest absolute Gasteiger partial charge is 0.379 e.